The third kappa shape index (κ3) is 5.70. The number of hydrogen-bond donors (Lipinski definition) is 2. The fraction of sp³-hybridized carbons (Fsp3) is 0.400. The van der Waals surface area contributed by atoms with E-state index in [2.05, 4.69) is 5.32 Å². The lowest BCUT2D eigenvalue weighted by Crippen LogP contribution is -2.22. The maximum Gasteiger partial charge on any atom is 0.209 e. The van der Waals surface area contributed by atoms with Gasteiger partial charge in [0.05, 0.1) is 5.75 Å². The monoisotopic (exact) mass is 296 g/mol. The molecule has 0 radical (unpaired) electrons. The van der Waals surface area contributed by atoms with E-state index in [9.17, 15) is 8.42 Å². The highest BCUT2D eigenvalue weighted by Crippen LogP contribution is 2.23. The van der Waals surface area contributed by atoms with Crippen LogP contribution in [0.3, 0.4) is 0 Å². The first kappa shape index (κ1) is 14.7. The van der Waals surface area contributed by atoms with Crippen molar-refractivity contribution in [1.29, 1.82) is 0 Å². The molecule has 0 aliphatic carbocycles. The van der Waals surface area contributed by atoms with Crippen LogP contribution < -0.4 is 10.5 Å². The molecule has 0 spiro atoms. The summed E-state index contributed by atoms with van der Waals surface area (Å²) >= 11 is 11.9. The van der Waals surface area contributed by atoms with Crippen LogP contribution in [0.2, 0.25) is 10.0 Å². The van der Waals surface area contributed by atoms with Crippen molar-refractivity contribution in [3.63, 3.8) is 0 Å². The van der Waals surface area contributed by atoms with E-state index in [-0.39, 0.29) is 5.75 Å². The van der Waals surface area contributed by atoms with Crippen molar-refractivity contribution in [3.05, 3.63) is 33.8 Å². The molecule has 0 heterocycles. The second-order valence-corrected chi connectivity index (χ2v) is 6.15. The molecule has 0 amide bonds. The molecule has 0 aliphatic rings. The SMILES string of the molecule is NS(=O)(=O)CCCNCc1c(Cl)cccc1Cl. The van der Waals surface area contributed by atoms with Gasteiger partial charge in [-0.2, -0.15) is 0 Å². The van der Waals surface area contributed by atoms with Crippen molar-refractivity contribution in [2.45, 2.75) is 13.0 Å². The normalized spacial score (nSPS) is 11.7. The van der Waals surface area contributed by atoms with Gasteiger partial charge in [0.15, 0.2) is 0 Å². The average molecular weight is 297 g/mol. The number of hydrogen-bond acceptors (Lipinski definition) is 3. The standard InChI is InChI=1S/C10H14Cl2N2O2S/c11-9-3-1-4-10(12)8(9)7-14-5-2-6-17(13,15)16/h1,3-4,14H,2,5-7H2,(H2,13,15,16). The van der Waals surface area contributed by atoms with E-state index in [1.807, 2.05) is 0 Å². The molecule has 1 aromatic carbocycles. The first-order chi connectivity index (χ1) is 7.90. The van der Waals surface area contributed by atoms with Crippen molar-refractivity contribution in [1.82, 2.24) is 5.32 Å². The van der Waals surface area contributed by atoms with E-state index in [1.54, 1.807) is 18.2 Å². The van der Waals surface area contributed by atoms with E-state index >= 15 is 0 Å². The van der Waals surface area contributed by atoms with E-state index in [1.165, 1.54) is 0 Å². The van der Waals surface area contributed by atoms with Gasteiger partial charge in [-0.1, -0.05) is 29.3 Å². The largest absolute Gasteiger partial charge is 0.313 e. The fourth-order valence-corrected chi connectivity index (χ4v) is 2.39. The van der Waals surface area contributed by atoms with Crippen LogP contribution in [-0.2, 0) is 16.6 Å². The Hall–Kier alpha value is -0.330. The highest BCUT2D eigenvalue weighted by Gasteiger charge is 2.05. The number of sulfonamides is 1. The van der Waals surface area contributed by atoms with Crippen molar-refractivity contribution in [2.75, 3.05) is 12.3 Å². The topological polar surface area (TPSA) is 72.2 Å². The Bertz CT molecular complexity index is 457. The summed E-state index contributed by atoms with van der Waals surface area (Å²) in [5, 5.41) is 9.13. The molecule has 1 aromatic rings. The number of nitrogens with two attached hydrogens (primary N) is 1. The van der Waals surface area contributed by atoms with Gasteiger partial charge >= 0.3 is 0 Å². The lowest BCUT2D eigenvalue weighted by Gasteiger charge is -2.08. The van der Waals surface area contributed by atoms with Crippen LogP contribution in [0.1, 0.15) is 12.0 Å². The molecule has 0 unspecified atom stereocenters. The maximum absolute atomic E-state index is 10.7. The van der Waals surface area contributed by atoms with E-state index in [4.69, 9.17) is 28.3 Å². The average Bonchev–Trinajstić information content (AvgIpc) is 2.20. The zero-order valence-corrected chi connectivity index (χ0v) is 11.4. The molecular formula is C10H14Cl2N2O2S. The number of nitrogens with one attached hydrogen (secondary N) is 1. The van der Waals surface area contributed by atoms with Gasteiger partial charge in [-0.25, -0.2) is 13.6 Å². The predicted molar refractivity (Wildman–Crippen MR) is 70.8 cm³/mol. The summed E-state index contributed by atoms with van der Waals surface area (Å²) in [6.45, 7) is 1.04. The number of primary sulfonamides is 1. The summed E-state index contributed by atoms with van der Waals surface area (Å²) < 4.78 is 21.4. The molecule has 0 aliphatic heterocycles. The van der Waals surface area contributed by atoms with Crippen molar-refractivity contribution in [2.24, 2.45) is 5.14 Å². The van der Waals surface area contributed by atoms with Gasteiger partial charge in [-0.05, 0) is 25.1 Å². The van der Waals surface area contributed by atoms with Crippen LogP contribution in [0.25, 0.3) is 0 Å². The Kier molecular flexibility index (Phi) is 5.69. The molecule has 4 nitrogen and oxygen atoms in total. The van der Waals surface area contributed by atoms with Crippen LogP contribution in [0, 0.1) is 0 Å². The van der Waals surface area contributed by atoms with Crippen LogP contribution in [0.5, 0.6) is 0 Å². The maximum atomic E-state index is 10.7. The van der Waals surface area contributed by atoms with Gasteiger partial charge in [0.1, 0.15) is 0 Å². The summed E-state index contributed by atoms with van der Waals surface area (Å²) in [5.41, 5.74) is 0.812. The Morgan fingerprint density at radius 3 is 2.35 bits per heavy atom. The number of halogens is 2. The highest BCUT2D eigenvalue weighted by molar-refractivity contribution is 7.89. The van der Waals surface area contributed by atoms with Crippen LogP contribution in [-0.4, -0.2) is 20.7 Å². The van der Waals surface area contributed by atoms with Crippen LogP contribution in [0.15, 0.2) is 18.2 Å². The molecular weight excluding hydrogens is 283 g/mol. The van der Waals surface area contributed by atoms with Gasteiger partial charge in [0.2, 0.25) is 10.0 Å². The van der Waals surface area contributed by atoms with Gasteiger partial charge in [-0.3, -0.25) is 0 Å². The van der Waals surface area contributed by atoms with Gasteiger partial charge in [0, 0.05) is 22.2 Å². The zero-order chi connectivity index (χ0) is 12.9. The third-order valence-electron chi connectivity index (χ3n) is 2.15. The summed E-state index contributed by atoms with van der Waals surface area (Å²) in [4.78, 5) is 0. The predicted octanol–water partition coefficient (Wildman–Crippen LogP) is 1.76. The molecule has 7 heteroatoms. The second-order valence-electron chi connectivity index (χ2n) is 3.60. The van der Waals surface area contributed by atoms with Crippen molar-refractivity contribution < 1.29 is 8.42 Å². The number of benzene rings is 1. The zero-order valence-electron chi connectivity index (χ0n) is 9.12. The first-order valence-electron chi connectivity index (χ1n) is 5.04. The minimum absolute atomic E-state index is 0.0315. The second kappa shape index (κ2) is 6.56. The minimum atomic E-state index is -3.38. The first-order valence-corrected chi connectivity index (χ1v) is 7.51. The molecule has 3 N–H and O–H groups in total. The van der Waals surface area contributed by atoms with E-state index < -0.39 is 10.0 Å². The molecule has 96 valence electrons. The molecule has 0 atom stereocenters. The van der Waals surface area contributed by atoms with Crippen LogP contribution in [0.4, 0.5) is 0 Å². The Morgan fingerprint density at radius 2 is 1.82 bits per heavy atom. The Labute approximate surface area is 111 Å². The molecule has 0 aromatic heterocycles. The van der Waals surface area contributed by atoms with Gasteiger partial charge in [-0.15, -0.1) is 0 Å². The van der Waals surface area contributed by atoms with Gasteiger partial charge < -0.3 is 5.32 Å². The molecule has 0 saturated heterocycles. The van der Waals surface area contributed by atoms with E-state index in [0.29, 0.717) is 29.6 Å². The van der Waals surface area contributed by atoms with Crippen LogP contribution >= 0.6 is 23.2 Å². The molecule has 17 heavy (non-hydrogen) atoms. The Balaban J connectivity index is 2.37. The lowest BCUT2D eigenvalue weighted by atomic mass is 10.2. The Morgan fingerprint density at radius 1 is 1.24 bits per heavy atom. The molecule has 0 saturated carbocycles. The smallest absolute Gasteiger partial charge is 0.209 e. The quantitative estimate of drug-likeness (QED) is 0.786. The van der Waals surface area contributed by atoms with Crippen molar-refractivity contribution in [3.8, 4) is 0 Å². The molecule has 0 fully saturated rings. The third-order valence-corrected chi connectivity index (χ3v) is 3.71. The summed E-state index contributed by atoms with van der Waals surface area (Å²) in [6, 6.07) is 5.29. The highest BCUT2D eigenvalue weighted by atomic mass is 35.5. The summed E-state index contributed by atoms with van der Waals surface area (Å²) in [6.07, 6.45) is 0.459. The lowest BCUT2D eigenvalue weighted by molar-refractivity contribution is 0.590. The van der Waals surface area contributed by atoms with Crippen molar-refractivity contribution >= 4 is 33.2 Å². The van der Waals surface area contributed by atoms with E-state index in [0.717, 1.165) is 5.56 Å². The molecule has 0 bridgehead atoms. The summed E-state index contributed by atoms with van der Waals surface area (Å²) in [5.74, 6) is -0.0315. The van der Waals surface area contributed by atoms with Gasteiger partial charge in [0.25, 0.3) is 0 Å². The number of rotatable bonds is 6. The minimum Gasteiger partial charge on any atom is -0.313 e. The fourth-order valence-electron chi connectivity index (χ4n) is 1.31. The summed E-state index contributed by atoms with van der Waals surface area (Å²) in [7, 11) is -3.38. The molecule has 1 rings (SSSR count).